The van der Waals surface area contributed by atoms with E-state index in [1.54, 1.807) is 18.7 Å². The molecule has 0 saturated heterocycles. The van der Waals surface area contributed by atoms with Crippen LogP contribution in [0.1, 0.15) is 30.6 Å². The lowest BCUT2D eigenvalue weighted by molar-refractivity contribution is 0.0695. The van der Waals surface area contributed by atoms with Crippen LogP contribution in [0, 0.1) is 3.57 Å². The monoisotopic (exact) mass is 443 g/mol. The Morgan fingerprint density at radius 2 is 2.14 bits per heavy atom. The van der Waals surface area contributed by atoms with Crippen LogP contribution in [0.2, 0.25) is 0 Å². The zero-order valence-corrected chi connectivity index (χ0v) is 15.6. The Hall–Kier alpha value is -0.320. The van der Waals surface area contributed by atoms with Crippen molar-refractivity contribution in [1.82, 2.24) is 4.72 Å². The number of sulfonamides is 1. The van der Waals surface area contributed by atoms with Crippen LogP contribution >= 0.6 is 34.4 Å². The molecule has 0 spiro atoms. The number of carboxylic acids is 1. The van der Waals surface area contributed by atoms with Gasteiger partial charge in [-0.1, -0.05) is 6.92 Å². The van der Waals surface area contributed by atoms with Crippen molar-refractivity contribution in [2.45, 2.75) is 31.2 Å². The lowest BCUT2D eigenvalue weighted by atomic mass is 10.2. The summed E-state index contributed by atoms with van der Waals surface area (Å²) in [5, 5.41) is 9.06. The van der Waals surface area contributed by atoms with Gasteiger partial charge in [-0.3, -0.25) is 0 Å². The van der Waals surface area contributed by atoms with Gasteiger partial charge in [-0.2, -0.15) is 11.8 Å². The molecule has 1 aromatic rings. The van der Waals surface area contributed by atoms with Gasteiger partial charge in [0.15, 0.2) is 0 Å². The van der Waals surface area contributed by atoms with E-state index in [0.29, 0.717) is 3.57 Å². The zero-order valence-electron chi connectivity index (χ0n) is 11.8. The minimum atomic E-state index is -3.70. The third-order valence-electron chi connectivity index (χ3n) is 2.73. The highest BCUT2D eigenvalue weighted by molar-refractivity contribution is 14.1. The maximum absolute atomic E-state index is 12.2. The van der Waals surface area contributed by atoms with Gasteiger partial charge in [0.05, 0.1) is 10.5 Å². The Morgan fingerprint density at radius 1 is 1.48 bits per heavy atom. The third kappa shape index (κ3) is 5.76. The molecule has 1 rings (SSSR count). The van der Waals surface area contributed by atoms with E-state index < -0.39 is 16.0 Å². The van der Waals surface area contributed by atoms with Gasteiger partial charge in [-0.05, 0) is 65.6 Å². The van der Waals surface area contributed by atoms with Gasteiger partial charge in [0.25, 0.3) is 0 Å². The molecule has 1 aromatic carbocycles. The van der Waals surface area contributed by atoms with Crippen molar-refractivity contribution in [3.63, 3.8) is 0 Å². The number of hydrogen-bond donors (Lipinski definition) is 2. The molecule has 0 amide bonds. The maximum atomic E-state index is 12.2. The van der Waals surface area contributed by atoms with Crippen LogP contribution in [0.4, 0.5) is 0 Å². The van der Waals surface area contributed by atoms with E-state index in [-0.39, 0.29) is 16.5 Å². The zero-order chi connectivity index (χ0) is 16.0. The SMILES string of the molecule is CCSCCC(C)NS(=O)(=O)c1ccc(I)c(C(=O)O)c1. The number of thioether (sulfide) groups is 1. The van der Waals surface area contributed by atoms with E-state index in [0.717, 1.165) is 17.9 Å². The number of rotatable bonds is 8. The highest BCUT2D eigenvalue weighted by Gasteiger charge is 2.20. The number of carbonyl (C=O) groups is 1. The van der Waals surface area contributed by atoms with Crippen molar-refractivity contribution >= 4 is 50.3 Å². The molecule has 8 heteroatoms. The molecular formula is C13H18INO4S2. The van der Waals surface area contributed by atoms with Gasteiger partial charge in [0, 0.05) is 9.61 Å². The Morgan fingerprint density at radius 3 is 2.71 bits per heavy atom. The van der Waals surface area contributed by atoms with Crippen LogP contribution in [0.5, 0.6) is 0 Å². The van der Waals surface area contributed by atoms with Crippen molar-refractivity contribution in [3.05, 3.63) is 27.3 Å². The normalized spacial score (nSPS) is 13.1. The number of aromatic carboxylic acids is 1. The first-order valence-electron chi connectivity index (χ1n) is 6.41. The van der Waals surface area contributed by atoms with Gasteiger partial charge >= 0.3 is 5.97 Å². The van der Waals surface area contributed by atoms with Crippen LogP contribution in [0.15, 0.2) is 23.1 Å². The van der Waals surface area contributed by atoms with Crippen molar-refractivity contribution in [2.24, 2.45) is 0 Å². The molecule has 0 aliphatic carbocycles. The lowest BCUT2D eigenvalue weighted by Gasteiger charge is -2.14. The van der Waals surface area contributed by atoms with Crippen molar-refractivity contribution in [2.75, 3.05) is 11.5 Å². The first-order chi connectivity index (χ1) is 9.77. The van der Waals surface area contributed by atoms with Crippen LogP contribution in [-0.4, -0.2) is 37.0 Å². The van der Waals surface area contributed by atoms with Gasteiger partial charge in [0.2, 0.25) is 10.0 Å². The molecular weight excluding hydrogens is 425 g/mol. The molecule has 1 unspecified atom stereocenters. The first-order valence-corrected chi connectivity index (χ1v) is 10.1. The van der Waals surface area contributed by atoms with E-state index in [4.69, 9.17) is 5.11 Å². The molecule has 0 aliphatic rings. The summed E-state index contributed by atoms with van der Waals surface area (Å²) in [5.41, 5.74) is -0.00679. The average molecular weight is 443 g/mol. The van der Waals surface area contributed by atoms with E-state index in [9.17, 15) is 13.2 Å². The Kier molecular flexibility index (Phi) is 7.45. The Balaban J connectivity index is 2.88. The highest BCUT2D eigenvalue weighted by atomic mass is 127. The van der Waals surface area contributed by atoms with E-state index in [1.165, 1.54) is 18.2 Å². The molecule has 0 aromatic heterocycles. The van der Waals surface area contributed by atoms with Gasteiger partial charge in [-0.25, -0.2) is 17.9 Å². The molecule has 0 heterocycles. The second kappa shape index (κ2) is 8.35. The molecule has 0 radical (unpaired) electrons. The van der Waals surface area contributed by atoms with Gasteiger partial charge in [0.1, 0.15) is 0 Å². The standard InChI is InChI=1S/C13H18INO4S2/c1-3-20-7-6-9(2)15-21(18,19)10-4-5-12(14)11(8-10)13(16)17/h4-5,8-9,15H,3,6-7H2,1-2H3,(H,16,17). The molecule has 0 aliphatic heterocycles. The van der Waals surface area contributed by atoms with E-state index >= 15 is 0 Å². The van der Waals surface area contributed by atoms with Crippen LogP contribution in [-0.2, 0) is 10.0 Å². The number of hydrogen-bond acceptors (Lipinski definition) is 4. The van der Waals surface area contributed by atoms with Crippen LogP contribution in [0.25, 0.3) is 0 Å². The minimum absolute atomic E-state index is 0.00679. The summed E-state index contributed by atoms with van der Waals surface area (Å²) in [7, 11) is -3.70. The van der Waals surface area contributed by atoms with Crippen molar-refractivity contribution in [1.29, 1.82) is 0 Å². The fraction of sp³-hybridized carbons (Fsp3) is 0.462. The van der Waals surface area contributed by atoms with Gasteiger partial charge in [-0.15, -0.1) is 0 Å². The molecule has 0 fully saturated rings. The second-order valence-electron chi connectivity index (χ2n) is 4.45. The minimum Gasteiger partial charge on any atom is -0.478 e. The van der Waals surface area contributed by atoms with Gasteiger partial charge < -0.3 is 5.11 Å². The second-order valence-corrected chi connectivity index (χ2v) is 8.72. The number of benzene rings is 1. The molecule has 21 heavy (non-hydrogen) atoms. The summed E-state index contributed by atoms with van der Waals surface area (Å²) in [6, 6.07) is 3.92. The topological polar surface area (TPSA) is 83.5 Å². The maximum Gasteiger partial charge on any atom is 0.336 e. The van der Waals surface area contributed by atoms with Crippen molar-refractivity contribution < 1.29 is 18.3 Å². The largest absolute Gasteiger partial charge is 0.478 e. The smallest absolute Gasteiger partial charge is 0.336 e. The molecule has 0 saturated carbocycles. The van der Waals surface area contributed by atoms with E-state index in [1.807, 2.05) is 22.6 Å². The quantitative estimate of drug-likeness (QED) is 0.477. The summed E-state index contributed by atoms with van der Waals surface area (Å²) < 4.78 is 27.6. The lowest BCUT2D eigenvalue weighted by Crippen LogP contribution is -2.33. The predicted octanol–water partition coefficient (Wildman–Crippen LogP) is 2.80. The summed E-state index contributed by atoms with van der Waals surface area (Å²) in [6.07, 6.45) is 0.730. The predicted molar refractivity (Wildman–Crippen MR) is 93.5 cm³/mol. The molecule has 1 atom stereocenters. The Labute approximate surface area is 143 Å². The summed E-state index contributed by atoms with van der Waals surface area (Å²) in [4.78, 5) is 11.1. The molecule has 118 valence electrons. The van der Waals surface area contributed by atoms with E-state index in [2.05, 4.69) is 11.6 Å². The average Bonchev–Trinajstić information content (AvgIpc) is 2.38. The van der Waals surface area contributed by atoms with Crippen LogP contribution in [0.3, 0.4) is 0 Å². The highest BCUT2D eigenvalue weighted by Crippen LogP contribution is 2.18. The summed E-state index contributed by atoms with van der Waals surface area (Å²) in [5.74, 6) is 0.745. The van der Waals surface area contributed by atoms with Crippen molar-refractivity contribution in [3.8, 4) is 0 Å². The summed E-state index contributed by atoms with van der Waals surface area (Å²) >= 11 is 3.62. The first kappa shape index (κ1) is 18.7. The fourth-order valence-electron chi connectivity index (χ4n) is 1.63. The number of carboxylic acid groups (broad SMARTS) is 1. The molecule has 5 nitrogen and oxygen atoms in total. The summed E-state index contributed by atoms with van der Waals surface area (Å²) in [6.45, 7) is 3.86. The Bertz CT molecular complexity index is 604. The number of halogens is 1. The number of nitrogens with one attached hydrogen (secondary N) is 1. The van der Waals surface area contributed by atoms with Crippen LogP contribution < -0.4 is 4.72 Å². The fourth-order valence-corrected chi connectivity index (χ4v) is 4.31. The third-order valence-corrected chi connectivity index (χ3v) is 6.19. The molecule has 2 N–H and O–H groups in total. The molecule has 0 bridgehead atoms.